The van der Waals surface area contributed by atoms with Crippen LogP contribution in [-0.2, 0) is 32.2 Å². The number of esters is 1. The highest BCUT2D eigenvalue weighted by Gasteiger charge is 2.39. The van der Waals surface area contributed by atoms with Crippen LogP contribution in [0.25, 0.3) is 11.4 Å². The van der Waals surface area contributed by atoms with E-state index >= 15 is 0 Å². The normalized spacial score (nSPS) is 19.7. The molecule has 2 aliphatic rings. The van der Waals surface area contributed by atoms with E-state index in [2.05, 4.69) is 10.3 Å². The monoisotopic (exact) mass is 429 g/mol. The fraction of sp³-hybridized carbons (Fsp3) is 0.500. The Morgan fingerprint density at radius 2 is 1.97 bits per heavy atom. The number of methoxy groups -OCH3 is 1. The van der Waals surface area contributed by atoms with Gasteiger partial charge >= 0.3 is 5.97 Å². The van der Waals surface area contributed by atoms with Crippen LogP contribution >= 0.6 is 0 Å². The predicted octanol–water partition coefficient (Wildman–Crippen LogP) is 2.58. The van der Waals surface area contributed by atoms with Crippen LogP contribution in [0.3, 0.4) is 0 Å². The molecular weight excluding hydrogens is 402 g/mol. The maximum absolute atomic E-state index is 12.5. The smallest absolute Gasteiger partial charge is 0.315 e. The van der Waals surface area contributed by atoms with Crippen LogP contribution in [0.1, 0.15) is 44.4 Å². The molecule has 0 saturated heterocycles. The number of carbonyl (C=O) groups is 1. The lowest BCUT2D eigenvalue weighted by Crippen LogP contribution is -2.48. The number of hydrogen-bond donors (Lipinski definition) is 2. The van der Waals surface area contributed by atoms with Crippen LogP contribution in [0, 0.1) is 0 Å². The molecule has 2 aromatic rings. The first kappa shape index (κ1) is 20.9. The van der Waals surface area contributed by atoms with Gasteiger partial charge in [-0.1, -0.05) is 24.3 Å². The topological polar surface area (TPSA) is 101 Å². The van der Waals surface area contributed by atoms with Crippen molar-refractivity contribution in [2.24, 2.45) is 0 Å². The predicted molar refractivity (Wildman–Crippen MR) is 115 cm³/mol. The van der Waals surface area contributed by atoms with Crippen molar-refractivity contribution in [3.63, 3.8) is 0 Å². The summed E-state index contributed by atoms with van der Waals surface area (Å²) in [6, 6.07) is 7.55. The van der Waals surface area contributed by atoms with Gasteiger partial charge in [-0.05, 0) is 38.7 Å². The lowest BCUT2D eigenvalue weighted by atomic mass is 9.77. The average Bonchev–Trinajstić information content (AvgIpc) is 3.11. The standard InChI is InChI=1S/C22H27N3O4S/c1-21(2,20(27)29-3)15-7-5-14(6-8-15)18-23-16-9-12-30(28)17(16)19(24-18)25-22(13-26)10-4-11-22/h5-8,26H,4,9-13H2,1-3H3,(H,23,24,25)/t30-/m1/s1. The number of hydrogen-bond acceptors (Lipinski definition) is 7. The van der Waals surface area contributed by atoms with Gasteiger partial charge in [-0.25, -0.2) is 9.97 Å². The maximum atomic E-state index is 12.5. The van der Waals surface area contributed by atoms with Gasteiger partial charge in [-0.3, -0.25) is 9.00 Å². The highest BCUT2D eigenvalue weighted by atomic mass is 32.2. The molecule has 0 spiro atoms. The summed E-state index contributed by atoms with van der Waals surface area (Å²) in [6.45, 7) is 3.67. The zero-order valence-electron chi connectivity index (χ0n) is 17.5. The molecule has 0 radical (unpaired) electrons. The van der Waals surface area contributed by atoms with Crippen molar-refractivity contribution in [2.75, 3.05) is 24.8 Å². The van der Waals surface area contributed by atoms with Crippen molar-refractivity contribution in [3.05, 3.63) is 35.5 Å². The Bertz CT molecular complexity index is 995. The molecule has 7 nitrogen and oxygen atoms in total. The van der Waals surface area contributed by atoms with Gasteiger partial charge in [0.2, 0.25) is 0 Å². The Hall–Kier alpha value is -2.32. The van der Waals surface area contributed by atoms with Crippen LogP contribution in [-0.4, -0.2) is 50.3 Å². The first-order valence-corrected chi connectivity index (χ1v) is 11.5. The Labute approximate surface area is 178 Å². The van der Waals surface area contributed by atoms with E-state index in [1.807, 2.05) is 38.1 Å². The molecule has 1 aromatic carbocycles. The molecule has 1 aliphatic carbocycles. The average molecular weight is 430 g/mol. The number of benzene rings is 1. The van der Waals surface area contributed by atoms with E-state index in [9.17, 15) is 14.1 Å². The van der Waals surface area contributed by atoms with Crippen LogP contribution in [0.5, 0.6) is 0 Å². The molecule has 1 aromatic heterocycles. The van der Waals surface area contributed by atoms with Crippen LogP contribution < -0.4 is 5.32 Å². The molecule has 1 fully saturated rings. The van der Waals surface area contributed by atoms with E-state index in [0.717, 1.165) is 36.1 Å². The number of anilines is 1. The molecule has 0 bridgehead atoms. The molecular formula is C22H27N3O4S. The van der Waals surface area contributed by atoms with Crippen LogP contribution in [0.4, 0.5) is 5.82 Å². The summed E-state index contributed by atoms with van der Waals surface area (Å²) in [5.41, 5.74) is 1.31. The fourth-order valence-electron chi connectivity index (χ4n) is 4.00. The summed E-state index contributed by atoms with van der Waals surface area (Å²) in [5, 5.41) is 13.2. The number of ether oxygens (including phenoxy) is 1. The molecule has 2 heterocycles. The van der Waals surface area contributed by atoms with Gasteiger partial charge in [0.15, 0.2) is 5.82 Å². The molecule has 30 heavy (non-hydrogen) atoms. The molecule has 1 saturated carbocycles. The van der Waals surface area contributed by atoms with E-state index in [0.29, 0.717) is 28.7 Å². The number of aliphatic hydroxyl groups is 1. The molecule has 1 atom stereocenters. The van der Waals surface area contributed by atoms with Crippen molar-refractivity contribution < 1.29 is 18.8 Å². The van der Waals surface area contributed by atoms with Crippen LogP contribution in [0.15, 0.2) is 29.2 Å². The summed E-state index contributed by atoms with van der Waals surface area (Å²) < 4.78 is 17.5. The summed E-state index contributed by atoms with van der Waals surface area (Å²) >= 11 is 0. The minimum absolute atomic E-state index is 0.0189. The zero-order valence-corrected chi connectivity index (χ0v) is 18.3. The van der Waals surface area contributed by atoms with E-state index in [-0.39, 0.29) is 18.1 Å². The lowest BCUT2D eigenvalue weighted by Gasteiger charge is -2.41. The molecule has 0 amide bonds. The van der Waals surface area contributed by atoms with Gasteiger partial charge in [0, 0.05) is 17.7 Å². The third kappa shape index (κ3) is 3.52. The SMILES string of the molecule is COC(=O)C(C)(C)c1ccc(-c2nc3c(c(NC4(CO)CCC4)n2)[S@](=O)CC3)cc1. The van der Waals surface area contributed by atoms with E-state index in [1.54, 1.807) is 0 Å². The van der Waals surface area contributed by atoms with Gasteiger partial charge in [0.1, 0.15) is 10.7 Å². The molecule has 160 valence electrons. The van der Waals surface area contributed by atoms with Crippen molar-refractivity contribution in [1.82, 2.24) is 9.97 Å². The summed E-state index contributed by atoms with van der Waals surface area (Å²) in [4.78, 5) is 22.1. The summed E-state index contributed by atoms with van der Waals surface area (Å²) in [7, 11) is 0.255. The van der Waals surface area contributed by atoms with Gasteiger partial charge in [0.05, 0.1) is 41.2 Å². The lowest BCUT2D eigenvalue weighted by molar-refractivity contribution is -0.146. The largest absolute Gasteiger partial charge is 0.468 e. The van der Waals surface area contributed by atoms with E-state index < -0.39 is 16.2 Å². The van der Waals surface area contributed by atoms with Crippen molar-refractivity contribution in [3.8, 4) is 11.4 Å². The second-order valence-corrected chi connectivity index (χ2v) is 10.1. The number of aromatic nitrogens is 2. The van der Waals surface area contributed by atoms with Crippen LogP contribution in [0.2, 0.25) is 0 Å². The highest BCUT2D eigenvalue weighted by molar-refractivity contribution is 7.85. The second-order valence-electron chi connectivity index (χ2n) is 8.58. The third-order valence-corrected chi connectivity index (χ3v) is 7.70. The number of nitrogens with zero attached hydrogens (tertiary/aromatic N) is 2. The minimum Gasteiger partial charge on any atom is -0.468 e. The quantitative estimate of drug-likeness (QED) is 0.681. The van der Waals surface area contributed by atoms with Crippen molar-refractivity contribution in [1.29, 1.82) is 0 Å². The number of carbonyl (C=O) groups excluding carboxylic acids is 1. The Balaban J connectivity index is 1.71. The minimum atomic E-state index is -1.13. The summed E-state index contributed by atoms with van der Waals surface area (Å²) in [5.74, 6) is 1.36. The number of nitrogens with one attached hydrogen (secondary N) is 1. The number of fused-ring (bicyclic) bond motifs is 1. The van der Waals surface area contributed by atoms with E-state index in [1.165, 1.54) is 7.11 Å². The summed E-state index contributed by atoms with van der Waals surface area (Å²) in [6.07, 6.45) is 3.42. The Morgan fingerprint density at radius 3 is 2.53 bits per heavy atom. The molecule has 1 aliphatic heterocycles. The number of aliphatic hydroxyl groups excluding tert-OH is 1. The Kier molecular flexibility index (Phi) is 5.40. The molecule has 2 N–H and O–H groups in total. The fourth-order valence-corrected chi connectivity index (χ4v) is 5.30. The first-order valence-electron chi connectivity index (χ1n) is 10.2. The van der Waals surface area contributed by atoms with Gasteiger partial charge in [-0.15, -0.1) is 0 Å². The number of aryl methyl sites for hydroxylation is 1. The van der Waals surface area contributed by atoms with Gasteiger partial charge in [-0.2, -0.15) is 0 Å². The third-order valence-electron chi connectivity index (χ3n) is 6.25. The second kappa shape index (κ2) is 7.74. The molecule has 0 unspecified atom stereocenters. The van der Waals surface area contributed by atoms with E-state index in [4.69, 9.17) is 9.72 Å². The Morgan fingerprint density at radius 1 is 1.27 bits per heavy atom. The highest BCUT2D eigenvalue weighted by Crippen LogP contribution is 2.38. The first-order chi connectivity index (χ1) is 14.3. The maximum Gasteiger partial charge on any atom is 0.315 e. The van der Waals surface area contributed by atoms with Gasteiger partial charge in [0.25, 0.3) is 0 Å². The van der Waals surface area contributed by atoms with Gasteiger partial charge < -0.3 is 15.2 Å². The number of rotatable bonds is 6. The van der Waals surface area contributed by atoms with Crippen molar-refractivity contribution in [2.45, 2.75) is 55.4 Å². The van der Waals surface area contributed by atoms with Crippen molar-refractivity contribution >= 4 is 22.6 Å². The zero-order chi connectivity index (χ0) is 21.5. The molecule has 8 heteroatoms. The molecule has 4 rings (SSSR count).